The maximum Gasteiger partial charge on any atom is 0.338 e. The Balaban J connectivity index is 1.95. The van der Waals surface area contributed by atoms with E-state index in [9.17, 15) is 9.59 Å². The predicted molar refractivity (Wildman–Crippen MR) is 129 cm³/mol. The number of carbonyl (C=O) groups is 1. The van der Waals surface area contributed by atoms with Gasteiger partial charge in [-0.2, -0.15) is 0 Å². The fraction of sp³-hybridized carbons (Fsp3) is 0.292. The van der Waals surface area contributed by atoms with E-state index in [2.05, 4.69) is 4.99 Å². The first kappa shape index (κ1) is 23.0. The van der Waals surface area contributed by atoms with Crippen molar-refractivity contribution < 1.29 is 19.0 Å². The molecule has 3 heterocycles. The van der Waals surface area contributed by atoms with Gasteiger partial charge >= 0.3 is 5.97 Å². The van der Waals surface area contributed by atoms with Gasteiger partial charge in [-0.05, 0) is 56.0 Å². The number of thiophene rings is 1. The van der Waals surface area contributed by atoms with Gasteiger partial charge in [0.15, 0.2) is 16.3 Å². The van der Waals surface area contributed by atoms with E-state index in [1.807, 2.05) is 43.5 Å². The average Bonchev–Trinajstić information content (AvgIpc) is 3.40. The molecule has 0 radical (unpaired) electrons. The summed E-state index contributed by atoms with van der Waals surface area (Å²) in [5.74, 6) is 0.567. The average molecular weight is 485 g/mol. The van der Waals surface area contributed by atoms with Crippen LogP contribution in [-0.4, -0.2) is 30.9 Å². The van der Waals surface area contributed by atoms with Crippen molar-refractivity contribution in [1.29, 1.82) is 0 Å². The molecule has 0 spiro atoms. The van der Waals surface area contributed by atoms with Crippen LogP contribution >= 0.6 is 22.7 Å². The maximum atomic E-state index is 13.5. The molecular weight excluding hydrogens is 460 g/mol. The van der Waals surface area contributed by atoms with Crippen molar-refractivity contribution in [2.45, 2.75) is 32.9 Å². The van der Waals surface area contributed by atoms with Crippen LogP contribution in [0, 0.1) is 0 Å². The first-order valence-electron chi connectivity index (χ1n) is 10.3. The van der Waals surface area contributed by atoms with Crippen molar-refractivity contribution in [2.75, 3.05) is 14.2 Å². The quantitative estimate of drug-likeness (QED) is 0.502. The molecule has 172 valence electrons. The molecule has 0 bridgehead atoms. The molecule has 0 N–H and O–H groups in total. The Morgan fingerprint density at radius 3 is 2.64 bits per heavy atom. The van der Waals surface area contributed by atoms with Crippen molar-refractivity contribution in [2.24, 2.45) is 4.99 Å². The number of ether oxygens (including phenoxy) is 3. The maximum absolute atomic E-state index is 13.5. The zero-order valence-corrected chi connectivity index (χ0v) is 20.6. The molecule has 1 atom stereocenters. The molecule has 9 heteroatoms. The van der Waals surface area contributed by atoms with E-state index in [-0.39, 0.29) is 11.7 Å². The van der Waals surface area contributed by atoms with Crippen LogP contribution in [0.15, 0.2) is 56.8 Å². The molecule has 1 aliphatic heterocycles. The highest BCUT2D eigenvalue weighted by molar-refractivity contribution is 7.11. The number of aromatic nitrogens is 1. The fourth-order valence-corrected chi connectivity index (χ4v) is 5.49. The first-order valence-corrected chi connectivity index (χ1v) is 12.0. The van der Waals surface area contributed by atoms with Gasteiger partial charge in [0.1, 0.15) is 0 Å². The van der Waals surface area contributed by atoms with Crippen LogP contribution in [0.1, 0.15) is 37.3 Å². The Morgan fingerprint density at radius 1 is 1.21 bits per heavy atom. The largest absolute Gasteiger partial charge is 0.493 e. The van der Waals surface area contributed by atoms with E-state index in [1.165, 1.54) is 18.4 Å². The minimum Gasteiger partial charge on any atom is -0.493 e. The summed E-state index contributed by atoms with van der Waals surface area (Å²) in [6.07, 6.45) is 1.82. The second-order valence-electron chi connectivity index (χ2n) is 7.67. The summed E-state index contributed by atoms with van der Waals surface area (Å²) in [6.45, 7) is 5.61. The van der Waals surface area contributed by atoms with Crippen molar-refractivity contribution in [1.82, 2.24) is 4.57 Å². The van der Waals surface area contributed by atoms with Gasteiger partial charge in [-0.1, -0.05) is 23.5 Å². The molecule has 1 aromatic carbocycles. The lowest BCUT2D eigenvalue weighted by molar-refractivity contribution is -0.136. The minimum absolute atomic E-state index is 0.0348. The number of fused-ring (bicyclic) bond motifs is 1. The second-order valence-corrected chi connectivity index (χ2v) is 9.65. The van der Waals surface area contributed by atoms with Gasteiger partial charge in [0.25, 0.3) is 5.56 Å². The van der Waals surface area contributed by atoms with E-state index < -0.39 is 12.0 Å². The number of hydrogen-bond acceptors (Lipinski definition) is 8. The summed E-state index contributed by atoms with van der Waals surface area (Å²) in [5, 5.41) is 1.96. The van der Waals surface area contributed by atoms with Crippen LogP contribution < -0.4 is 24.4 Å². The lowest BCUT2D eigenvalue weighted by atomic mass is 9.95. The van der Waals surface area contributed by atoms with Crippen LogP contribution in [0.5, 0.6) is 11.5 Å². The van der Waals surface area contributed by atoms with E-state index >= 15 is 0 Å². The topological polar surface area (TPSA) is 79.1 Å². The molecule has 0 aliphatic carbocycles. The Morgan fingerprint density at radius 2 is 2.00 bits per heavy atom. The van der Waals surface area contributed by atoms with E-state index in [0.29, 0.717) is 37.7 Å². The van der Waals surface area contributed by atoms with Gasteiger partial charge in [0, 0.05) is 4.88 Å². The number of methoxy groups -OCH3 is 2. The van der Waals surface area contributed by atoms with Crippen LogP contribution in [0.25, 0.3) is 6.08 Å². The third kappa shape index (κ3) is 4.38. The molecule has 0 saturated carbocycles. The first-order chi connectivity index (χ1) is 15.8. The highest BCUT2D eigenvalue weighted by Crippen LogP contribution is 2.36. The number of nitrogens with zero attached hydrogens (tertiary/aromatic N) is 2. The van der Waals surface area contributed by atoms with Crippen LogP contribution in [-0.2, 0) is 9.53 Å². The van der Waals surface area contributed by atoms with Crippen molar-refractivity contribution in [3.05, 3.63) is 77.1 Å². The summed E-state index contributed by atoms with van der Waals surface area (Å²) in [4.78, 5) is 32.4. The molecule has 33 heavy (non-hydrogen) atoms. The van der Waals surface area contributed by atoms with Gasteiger partial charge in [-0.15, -0.1) is 11.3 Å². The number of thiazole rings is 1. The molecular formula is C24H24N2O5S2. The minimum atomic E-state index is -0.707. The van der Waals surface area contributed by atoms with Gasteiger partial charge in [-0.25, -0.2) is 9.79 Å². The molecule has 0 saturated heterocycles. The van der Waals surface area contributed by atoms with Crippen molar-refractivity contribution >= 4 is 34.7 Å². The molecule has 0 amide bonds. The standard InChI is InChI=1S/C24H24N2O5S2/c1-13(2)31-17-9-8-15(11-18(17)29-4)21-20(23(28)30-5)14(3)25-24-26(21)22(27)19(33-24)12-16-7-6-10-32-16/h6-13,21H,1-5H3/b19-12-/t21-/m0/s1. The van der Waals surface area contributed by atoms with Crippen molar-refractivity contribution in [3.63, 3.8) is 0 Å². The summed E-state index contributed by atoms with van der Waals surface area (Å²) in [6, 6.07) is 8.59. The van der Waals surface area contributed by atoms with Gasteiger partial charge < -0.3 is 14.2 Å². The molecule has 7 nitrogen and oxygen atoms in total. The number of benzene rings is 1. The lowest BCUT2D eigenvalue weighted by Crippen LogP contribution is -2.39. The zero-order chi connectivity index (χ0) is 23.7. The van der Waals surface area contributed by atoms with E-state index in [0.717, 1.165) is 4.88 Å². The normalized spacial score (nSPS) is 15.9. The Kier molecular flexibility index (Phi) is 6.53. The summed E-state index contributed by atoms with van der Waals surface area (Å²) in [7, 11) is 2.88. The van der Waals surface area contributed by atoms with Gasteiger partial charge in [0.2, 0.25) is 0 Å². The zero-order valence-electron chi connectivity index (χ0n) is 18.9. The number of hydrogen-bond donors (Lipinski definition) is 0. The number of esters is 1. The van der Waals surface area contributed by atoms with E-state index in [1.54, 1.807) is 42.1 Å². The summed E-state index contributed by atoms with van der Waals surface area (Å²) >= 11 is 2.85. The van der Waals surface area contributed by atoms with Crippen molar-refractivity contribution in [3.8, 4) is 11.5 Å². The fourth-order valence-electron chi connectivity index (χ4n) is 3.72. The number of allylic oxidation sites excluding steroid dienone is 1. The van der Waals surface area contributed by atoms with Gasteiger partial charge in [0.05, 0.1) is 42.2 Å². The smallest absolute Gasteiger partial charge is 0.338 e. The SMILES string of the molecule is COC(=O)C1=C(C)N=c2s/c(=C\c3cccs3)c(=O)n2[C@H]1c1ccc(OC(C)C)c(OC)c1. The Hall–Kier alpha value is -3.17. The summed E-state index contributed by atoms with van der Waals surface area (Å²) in [5.41, 5.74) is 1.30. The molecule has 0 unspecified atom stereocenters. The molecule has 1 aliphatic rings. The summed E-state index contributed by atoms with van der Waals surface area (Å²) < 4.78 is 18.5. The van der Waals surface area contributed by atoms with Crippen LogP contribution in [0.2, 0.25) is 0 Å². The van der Waals surface area contributed by atoms with Crippen LogP contribution in [0.3, 0.4) is 0 Å². The lowest BCUT2D eigenvalue weighted by Gasteiger charge is -2.25. The number of rotatable bonds is 6. The second kappa shape index (κ2) is 9.36. The third-order valence-electron chi connectivity index (χ3n) is 5.11. The van der Waals surface area contributed by atoms with Crippen LogP contribution in [0.4, 0.5) is 0 Å². The molecule has 2 aromatic heterocycles. The van der Waals surface area contributed by atoms with Gasteiger partial charge in [-0.3, -0.25) is 9.36 Å². The third-order valence-corrected chi connectivity index (χ3v) is 6.91. The molecule has 4 rings (SSSR count). The Bertz CT molecular complexity index is 1400. The monoisotopic (exact) mass is 484 g/mol. The Labute approximate surface area is 198 Å². The van der Waals surface area contributed by atoms with E-state index in [4.69, 9.17) is 14.2 Å². The highest BCUT2D eigenvalue weighted by atomic mass is 32.1. The molecule has 0 fully saturated rings. The number of carbonyl (C=O) groups excluding carboxylic acids is 1. The highest BCUT2D eigenvalue weighted by Gasteiger charge is 2.33. The predicted octanol–water partition coefficient (Wildman–Crippen LogP) is 3.27. The molecule has 3 aromatic rings.